The standard InChI is InChI=1S/C16H18N2O4/c1-10-14(11(2)22-17-10)16(20)21-12(3)15(19)18(4)13-8-6-5-7-9-13/h5-9,12H,1-4H3/t12-/m0/s1. The van der Waals surface area contributed by atoms with Gasteiger partial charge in [0.15, 0.2) is 6.10 Å². The first-order chi connectivity index (χ1) is 10.4. The van der Waals surface area contributed by atoms with Crippen LogP contribution in [-0.4, -0.2) is 30.2 Å². The molecule has 1 atom stereocenters. The van der Waals surface area contributed by atoms with Gasteiger partial charge in [0.1, 0.15) is 11.3 Å². The van der Waals surface area contributed by atoms with Crippen LogP contribution < -0.4 is 4.90 Å². The average Bonchev–Trinajstić information content (AvgIpc) is 2.85. The molecule has 0 aliphatic rings. The van der Waals surface area contributed by atoms with Crippen LogP contribution in [0.15, 0.2) is 34.9 Å². The predicted molar refractivity (Wildman–Crippen MR) is 80.7 cm³/mol. The smallest absolute Gasteiger partial charge is 0.344 e. The number of carbonyl (C=O) groups is 2. The predicted octanol–water partition coefficient (Wildman–Crippen LogP) is 2.50. The van der Waals surface area contributed by atoms with Crippen molar-refractivity contribution >= 4 is 17.6 Å². The third kappa shape index (κ3) is 3.16. The summed E-state index contributed by atoms with van der Waals surface area (Å²) in [5.74, 6) is -0.552. The van der Waals surface area contributed by atoms with Crippen molar-refractivity contribution < 1.29 is 18.8 Å². The number of esters is 1. The Kier molecular flexibility index (Phi) is 4.60. The second-order valence-corrected chi connectivity index (χ2v) is 4.98. The second-order valence-electron chi connectivity index (χ2n) is 4.98. The summed E-state index contributed by atoms with van der Waals surface area (Å²) < 4.78 is 10.2. The van der Waals surface area contributed by atoms with E-state index in [1.807, 2.05) is 18.2 Å². The van der Waals surface area contributed by atoms with E-state index in [1.54, 1.807) is 33.0 Å². The van der Waals surface area contributed by atoms with Crippen LogP contribution in [0.4, 0.5) is 5.69 Å². The van der Waals surface area contributed by atoms with Gasteiger partial charge < -0.3 is 14.2 Å². The first-order valence-corrected chi connectivity index (χ1v) is 6.88. The summed E-state index contributed by atoms with van der Waals surface area (Å²) in [6.07, 6.45) is -0.911. The molecule has 22 heavy (non-hydrogen) atoms. The van der Waals surface area contributed by atoms with Crippen LogP contribution in [0.1, 0.15) is 28.7 Å². The Bertz CT molecular complexity index is 659. The van der Waals surface area contributed by atoms with E-state index in [2.05, 4.69) is 5.16 Å². The third-order valence-corrected chi connectivity index (χ3v) is 3.34. The fourth-order valence-electron chi connectivity index (χ4n) is 2.10. The van der Waals surface area contributed by atoms with Crippen molar-refractivity contribution in [2.75, 3.05) is 11.9 Å². The summed E-state index contributed by atoms with van der Waals surface area (Å²) in [4.78, 5) is 25.9. The maximum Gasteiger partial charge on any atom is 0.344 e. The van der Waals surface area contributed by atoms with Gasteiger partial charge in [-0.2, -0.15) is 0 Å². The Morgan fingerprint density at radius 3 is 2.41 bits per heavy atom. The molecule has 0 N–H and O–H groups in total. The lowest BCUT2D eigenvalue weighted by molar-refractivity contribution is -0.126. The Balaban J connectivity index is 2.07. The van der Waals surface area contributed by atoms with Crippen molar-refractivity contribution in [2.45, 2.75) is 26.9 Å². The molecule has 6 nitrogen and oxygen atoms in total. The number of para-hydroxylation sites is 1. The molecule has 1 heterocycles. The molecule has 0 saturated heterocycles. The summed E-state index contributed by atoms with van der Waals surface area (Å²) in [5, 5.41) is 3.70. The van der Waals surface area contributed by atoms with Crippen LogP contribution >= 0.6 is 0 Å². The average molecular weight is 302 g/mol. The Morgan fingerprint density at radius 2 is 1.86 bits per heavy atom. The Labute approximate surface area is 128 Å². The number of hydrogen-bond donors (Lipinski definition) is 0. The fraction of sp³-hybridized carbons (Fsp3) is 0.312. The fourth-order valence-corrected chi connectivity index (χ4v) is 2.10. The SMILES string of the molecule is Cc1noc(C)c1C(=O)O[C@@H](C)C(=O)N(C)c1ccccc1. The van der Waals surface area contributed by atoms with E-state index in [0.717, 1.165) is 5.69 Å². The lowest BCUT2D eigenvalue weighted by Gasteiger charge is -2.21. The first kappa shape index (κ1) is 15.8. The zero-order valence-electron chi connectivity index (χ0n) is 13.0. The van der Waals surface area contributed by atoms with Crippen LogP contribution in [0, 0.1) is 13.8 Å². The van der Waals surface area contributed by atoms with Crippen LogP contribution in [0.2, 0.25) is 0 Å². The highest BCUT2D eigenvalue weighted by Crippen LogP contribution is 2.17. The highest BCUT2D eigenvalue weighted by molar-refractivity contribution is 5.99. The lowest BCUT2D eigenvalue weighted by atomic mass is 10.2. The number of rotatable bonds is 4. The van der Waals surface area contributed by atoms with Gasteiger partial charge >= 0.3 is 5.97 Å². The van der Waals surface area contributed by atoms with Crippen LogP contribution in [0.25, 0.3) is 0 Å². The van der Waals surface area contributed by atoms with Gasteiger partial charge in [0, 0.05) is 12.7 Å². The molecule has 2 aromatic rings. The lowest BCUT2D eigenvalue weighted by Crippen LogP contribution is -2.37. The Morgan fingerprint density at radius 1 is 1.23 bits per heavy atom. The molecule has 0 unspecified atom stereocenters. The maximum absolute atomic E-state index is 12.3. The minimum absolute atomic E-state index is 0.266. The van der Waals surface area contributed by atoms with Gasteiger partial charge in [-0.15, -0.1) is 0 Å². The Hall–Kier alpha value is -2.63. The number of nitrogens with zero attached hydrogens (tertiary/aromatic N) is 2. The number of ether oxygens (including phenoxy) is 1. The number of amides is 1. The van der Waals surface area contributed by atoms with Gasteiger partial charge in [-0.25, -0.2) is 4.79 Å². The molecule has 0 bridgehead atoms. The van der Waals surface area contributed by atoms with Gasteiger partial charge in [0.05, 0.1) is 5.69 Å². The number of hydrogen-bond acceptors (Lipinski definition) is 5. The van der Waals surface area contributed by atoms with Crippen LogP contribution in [0.5, 0.6) is 0 Å². The molecule has 0 saturated carbocycles. The van der Waals surface area contributed by atoms with Gasteiger partial charge in [-0.1, -0.05) is 23.4 Å². The van der Waals surface area contributed by atoms with E-state index in [1.165, 1.54) is 11.8 Å². The zero-order chi connectivity index (χ0) is 16.3. The third-order valence-electron chi connectivity index (χ3n) is 3.34. The maximum atomic E-state index is 12.3. The molecule has 0 aliphatic heterocycles. The van der Waals surface area contributed by atoms with Crippen molar-refractivity contribution in [1.29, 1.82) is 0 Å². The number of benzene rings is 1. The van der Waals surface area contributed by atoms with Gasteiger partial charge in [-0.3, -0.25) is 4.79 Å². The number of anilines is 1. The second kappa shape index (κ2) is 6.43. The molecule has 0 spiro atoms. The number of carbonyl (C=O) groups excluding carboxylic acids is 2. The van der Waals surface area contributed by atoms with E-state index in [4.69, 9.17) is 9.26 Å². The van der Waals surface area contributed by atoms with Gasteiger partial charge in [0.2, 0.25) is 0 Å². The normalized spacial score (nSPS) is 11.8. The van der Waals surface area contributed by atoms with Gasteiger partial charge in [-0.05, 0) is 32.9 Å². The highest BCUT2D eigenvalue weighted by atomic mass is 16.5. The monoisotopic (exact) mass is 302 g/mol. The van der Waals surface area contributed by atoms with Crippen LogP contribution in [-0.2, 0) is 9.53 Å². The van der Waals surface area contributed by atoms with Crippen molar-refractivity contribution in [3.05, 3.63) is 47.3 Å². The van der Waals surface area contributed by atoms with Crippen molar-refractivity contribution in [3.8, 4) is 0 Å². The molecule has 6 heteroatoms. The molecular formula is C16H18N2O4. The quantitative estimate of drug-likeness (QED) is 0.811. The molecule has 0 radical (unpaired) electrons. The molecule has 1 aromatic carbocycles. The summed E-state index contributed by atoms with van der Waals surface area (Å²) in [7, 11) is 1.64. The van der Waals surface area contributed by atoms with E-state index in [0.29, 0.717) is 11.5 Å². The van der Waals surface area contributed by atoms with E-state index in [9.17, 15) is 9.59 Å². The molecule has 116 valence electrons. The topological polar surface area (TPSA) is 72.6 Å². The van der Waals surface area contributed by atoms with E-state index < -0.39 is 12.1 Å². The number of aromatic nitrogens is 1. The molecule has 1 aromatic heterocycles. The molecule has 0 aliphatic carbocycles. The summed E-state index contributed by atoms with van der Waals surface area (Å²) in [5.41, 5.74) is 1.44. The summed E-state index contributed by atoms with van der Waals surface area (Å²) in [6.45, 7) is 4.81. The molecule has 0 fully saturated rings. The number of aryl methyl sites for hydroxylation is 2. The molecular weight excluding hydrogens is 284 g/mol. The molecule has 1 amide bonds. The van der Waals surface area contributed by atoms with Crippen molar-refractivity contribution in [3.63, 3.8) is 0 Å². The first-order valence-electron chi connectivity index (χ1n) is 6.88. The summed E-state index contributed by atoms with van der Waals surface area (Å²) in [6, 6.07) is 9.14. The largest absolute Gasteiger partial charge is 0.449 e. The minimum atomic E-state index is -0.911. The minimum Gasteiger partial charge on any atom is -0.449 e. The van der Waals surface area contributed by atoms with E-state index >= 15 is 0 Å². The molecule has 2 rings (SSSR count). The van der Waals surface area contributed by atoms with Gasteiger partial charge in [0.25, 0.3) is 5.91 Å². The van der Waals surface area contributed by atoms with E-state index in [-0.39, 0.29) is 11.5 Å². The van der Waals surface area contributed by atoms with Crippen molar-refractivity contribution in [1.82, 2.24) is 5.16 Å². The highest BCUT2D eigenvalue weighted by Gasteiger charge is 2.26. The van der Waals surface area contributed by atoms with Crippen LogP contribution in [0.3, 0.4) is 0 Å². The number of likely N-dealkylation sites (N-methyl/N-ethyl adjacent to an activating group) is 1. The zero-order valence-corrected chi connectivity index (χ0v) is 13.0. The summed E-state index contributed by atoms with van der Waals surface area (Å²) >= 11 is 0. The van der Waals surface area contributed by atoms with Crippen molar-refractivity contribution in [2.24, 2.45) is 0 Å².